The van der Waals surface area contributed by atoms with Crippen LogP contribution in [0.5, 0.6) is 0 Å². The van der Waals surface area contributed by atoms with Gasteiger partial charge in [0, 0.05) is 6.42 Å². The molecule has 20 heavy (non-hydrogen) atoms. The highest BCUT2D eigenvalue weighted by Gasteiger charge is 2.22. The van der Waals surface area contributed by atoms with E-state index in [1.165, 1.54) is 27.8 Å². The van der Waals surface area contributed by atoms with Gasteiger partial charge in [0.05, 0.1) is 0 Å². The first kappa shape index (κ1) is 12.9. The van der Waals surface area contributed by atoms with E-state index in [1.54, 1.807) is 0 Å². The lowest BCUT2D eigenvalue weighted by atomic mass is 9.89. The van der Waals surface area contributed by atoms with Crippen LogP contribution in [-0.4, -0.2) is 11.1 Å². The number of carbonyl (C=O) groups is 1. The van der Waals surface area contributed by atoms with Crippen molar-refractivity contribution in [2.45, 2.75) is 32.1 Å². The molecule has 0 heterocycles. The zero-order valence-corrected chi connectivity index (χ0v) is 11.6. The fourth-order valence-electron chi connectivity index (χ4n) is 3.14. The fourth-order valence-corrected chi connectivity index (χ4v) is 3.14. The normalized spacial score (nSPS) is 13.7. The van der Waals surface area contributed by atoms with Gasteiger partial charge < -0.3 is 5.11 Å². The van der Waals surface area contributed by atoms with Crippen LogP contribution in [0, 0.1) is 0 Å². The van der Waals surface area contributed by atoms with Crippen molar-refractivity contribution in [1.82, 2.24) is 0 Å². The van der Waals surface area contributed by atoms with Crippen LogP contribution in [0.4, 0.5) is 0 Å². The topological polar surface area (TPSA) is 37.3 Å². The smallest absolute Gasteiger partial charge is 0.303 e. The minimum atomic E-state index is -0.715. The zero-order valence-electron chi connectivity index (χ0n) is 11.6. The number of hydrogen-bond donors (Lipinski definition) is 1. The maximum atomic E-state index is 10.7. The van der Waals surface area contributed by atoms with E-state index in [2.05, 4.69) is 49.4 Å². The average molecular weight is 266 g/mol. The quantitative estimate of drug-likeness (QED) is 0.767. The van der Waals surface area contributed by atoms with Gasteiger partial charge in [0.1, 0.15) is 0 Å². The molecule has 0 spiro atoms. The van der Waals surface area contributed by atoms with Gasteiger partial charge >= 0.3 is 5.97 Å². The Morgan fingerprint density at radius 1 is 1.15 bits per heavy atom. The first-order valence-corrected chi connectivity index (χ1v) is 7.08. The van der Waals surface area contributed by atoms with Crippen LogP contribution in [0.3, 0.4) is 0 Å². The van der Waals surface area contributed by atoms with Gasteiger partial charge in [-0.15, -0.1) is 0 Å². The molecule has 0 fully saturated rings. The van der Waals surface area contributed by atoms with Crippen LogP contribution in [0.15, 0.2) is 42.5 Å². The Morgan fingerprint density at radius 2 is 1.90 bits per heavy atom. The maximum Gasteiger partial charge on any atom is 0.303 e. The minimum Gasteiger partial charge on any atom is -0.481 e. The van der Waals surface area contributed by atoms with E-state index in [9.17, 15) is 4.79 Å². The number of aliphatic carboxylic acids is 1. The van der Waals surface area contributed by atoms with Crippen molar-refractivity contribution in [1.29, 1.82) is 0 Å². The van der Waals surface area contributed by atoms with Gasteiger partial charge in [-0.2, -0.15) is 0 Å². The third kappa shape index (κ3) is 2.22. The van der Waals surface area contributed by atoms with Gasteiger partial charge in [0.25, 0.3) is 0 Å². The van der Waals surface area contributed by atoms with E-state index < -0.39 is 5.97 Å². The van der Waals surface area contributed by atoms with Crippen LogP contribution >= 0.6 is 0 Å². The molecular weight excluding hydrogens is 248 g/mol. The lowest BCUT2D eigenvalue weighted by molar-refractivity contribution is -0.137. The Labute approximate surface area is 119 Å². The van der Waals surface area contributed by atoms with E-state index in [4.69, 9.17) is 5.11 Å². The van der Waals surface area contributed by atoms with Crippen LogP contribution in [0.25, 0.3) is 11.1 Å². The summed E-state index contributed by atoms with van der Waals surface area (Å²) in [4.78, 5) is 10.7. The van der Waals surface area contributed by atoms with Crippen molar-refractivity contribution in [2.24, 2.45) is 0 Å². The molecule has 1 atom stereocenters. The second-order valence-electron chi connectivity index (χ2n) is 5.54. The molecule has 0 saturated heterocycles. The van der Waals surface area contributed by atoms with Gasteiger partial charge in [-0.1, -0.05) is 49.4 Å². The Morgan fingerprint density at radius 3 is 2.70 bits per heavy atom. The lowest BCUT2D eigenvalue weighted by Gasteiger charge is -2.15. The number of carboxylic acids is 1. The molecule has 2 nitrogen and oxygen atoms in total. The summed E-state index contributed by atoms with van der Waals surface area (Å²) in [5, 5.41) is 8.84. The number of carboxylic acid groups (broad SMARTS) is 1. The maximum absolute atomic E-state index is 10.7. The predicted molar refractivity (Wildman–Crippen MR) is 80.0 cm³/mol. The average Bonchev–Trinajstić information content (AvgIpc) is 2.83. The third-order valence-electron chi connectivity index (χ3n) is 4.21. The van der Waals surface area contributed by atoms with Gasteiger partial charge in [0.2, 0.25) is 0 Å². The van der Waals surface area contributed by atoms with Crippen molar-refractivity contribution < 1.29 is 9.90 Å². The zero-order chi connectivity index (χ0) is 14.1. The summed E-state index contributed by atoms with van der Waals surface area (Å²) >= 11 is 0. The van der Waals surface area contributed by atoms with Crippen molar-refractivity contribution in [3.63, 3.8) is 0 Å². The second kappa shape index (κ2) is 5.12. The first-order chi connectivity index (χ1) is 9.66. The fraction of sp³-hybridized carbons (Fsp3) is 0.278. The highest BCUT2D eigenvalue weighted by molar-refractivity contribution is 5.78. The highest BCUT2D eigenvalue weighted by atomic mass is 16.4. The van der Waals surface area contributed by atoms with Crippen molar-refractivity contribution in [3.05, 3.63) is 59.2 Å². The Balaban J connectivity index is 1.95. The van der Waals surface area contributed by atoms with Gasteiger partial charge in [-0.3, -0.25) is 4.79 Å². The molecule has 0 bridgehead atoms. The standard InChI is InChI=1S/C18H18O2/c1-12(9-10-18(19)20)14-7-4-8-16-15-6-3-2-5-13(15)11-17(14)16/h2-8,12H,9-11H2,1H3,(H,19,20). The summed E-state index contributed by atoms with van der Waals surface area (Å²) in [6.07, 6.45) is 1.90. The molecule has 1 N–H and O–H groups in total. The van der Waals surface area contributed by atoms with Crippen molar-refractivity contribution >= 4 is 5.97 Å². The molecule has 1 unspecified atom stereocenters. The van der Waals surface area contributed by atoms with Crippen LogP contribution < -0.4 is 0 Å². The van der Waals surface area contributed by atoms with Gasteiger partial charge in [0.15, 0.2) is 0 Å². The Hall–Kier alpha value is -2.09. The molecule has 2 heteroatoms. The van der Waals surface area contributed by atoms with Crippen LogP contribution in [-0.2, 0) is 11.2 Å². The molecule has 0 aromatic heterocycles. The summed E-state index contributed by atoms with van der Waals surface area (Å²) in [5.74, 6) is -0.428. The number of hydrogen-bond acceptors (Lipinski definition) is 1. The van der Waals surface area contributed by atoms with Crippen molar-refractivity contribution in [3.8, 4) is 11.1 Å². The monoisotopic (exact) mass is 266 g/mol. The summed E-state index contributed by atoms with van der Waals surface area (Å²) in [6.45, 7) is 2.13. The van der Waals surface area contributed by atoms with E-state index in [0.717, 1.165) is 6.42 Å². The molecule has 0 aliphatic heterocycles. The molecule has 0 saturated carbocycles. The molecule has 3 rings (SSSR count). The van der Waals surface area contributed by atoms with Crippen molar-refractivity contribution in [2.75, 3.05) is 0 Å². The molecule has 1 aliphatic rings. The molecular formula is C18H18O2. The summed E-state index contributed by atoms with van der Waals surface area (Å²) < 4.78 is 0. The van der Waals surface area contributed by atoms with Crippen LogP contribution in [0.1, 0.15) is 42.4 Å². The second-order valence-corrected chi connectivity index (χ2v) is 5.54. The van der Waals surface area contributed by atoms with E-state index in [0.29, 0.717) is 6.42 Å². The lowest BCUT2D eigenvalue weighted by Crippen LogP contribution is -2.02. The number of benzene rings is 2. The molecule has 102 valence electrons. The minimum absolute atomic E-state index is 0.234. The van der Waals surface area contributed by atoms with E-state index in [-0.39, 0.29) is 12.3 Å². The number of fused-ring (bicyclic) bond motifs is 3. The predicted octanol–water partition coefficient (Wildman–Crippen LogP) is 4.23. The highest BCUT2D eigenvalue weighted by Crippen LogP contribution is 2.40. The molecule has 2 aromatic rings. The Kier molecular flexibility index (Phi) is 3.31. The van der Waals surface area contributed by atoms with Gasteiger partial charge in [-0.25, -0.2) is 0 Å². The Bertz CT molecular complexity index is 658. The molecule has 0 radical (unpaired) electrons. The summed E-state index contributed by atoms with van der Waals surface area (Å²) in [5.41, 5.74) is 6.71. The first-order valence-electron chi connectivity index (χ1n) is 7.08. The molecule has 2 aromatic carbocycles. The third-order valence-corrected chi connectivity index (χ3v) is 4.21. The van der Waals surface area contributed by atoms with E-state index >= 15 is 0 Å². The summed E-state index contributed by atoms with van der Waals surface area (Å²) in [7, 11) is 0. The number of rotatable bonds is 4. The van der Waals surface area contributed by atoms with E-state index in [1.807, 2.05) is 0 Å². The summed E-state index contributed by atoms with van der Waals surface area (Å²) in [6, 6.07) is 14.9. The molecule has 0 amide bonds. The van der Waals surface area contributed by atoms with Gasteiger partial charge in [-0.05, 0) is 46.6 Å². The van der Waals surface area contributed by atoms with Crippen LogP contribution in [0.2, 0.25) is 0 Å². The SMILES string of the molecule is CC(CCC(=O)O)c1cccc2c1Cc1ccccc1-2. The largest absolute Gasteiger partial charge is 0.481 e. The molecule has 1 aliphatic carbocycles.